The topological polar surface area (TPSA) is 0 Å². The van der Waals surface area contributed by atoms with Crippen LogP contribution in [-0.4, -0.2) is 156 Å². The van der Waals surface area contributed by atoms with E-state index in [0.29, 0.717) is 121 Å². The molecule has 0 spiro atoms. The molecule has 0 saturated carbocycles. The van der Waals surface area contributed by atoms with Crippen LogP contribution in [0.3, 0.4) is 0 Å². The van der Waals surface area contributed by atoms with Gasteiger partial charge >= 0.3 is 35.9 Å². The standard InChI is InChI=1S/4C27H63Si4.2Sn/c4*1-22(2,3)29(19,23(4,5)6)28(30(20,24(7,8)9)25(10,11)12)31(21,26(13,14)15)27(16,17)18;;/h4*1-21H3;;. The third kappa shape index (κ3) is 24.6. The van der Waals surface area contributed by atoms with E-state index in [1.165, 1.54) is 0 Å². The van der Waals surface area contributed by atoms with Crippen LogP contribution in [0.4, 0.5) is 0 Å². The molecular weight excluding hydrogens is 1980 g/mol. The third-order valence-electron chi connectivity index (χ3n) is 42.0. The van der Waals surface area contributed by atoms with Gasteiger partial charge < -0.3 is 0 Å². The molecule has 0 atom stereocenters. The van der Waals surface area contributed by atoms with Crippen LogP contribution in [0, 0.1) is 0 Å². The fraction of sp³-hybridized carbons (Fsp3) is 1.00. The molecular formula is C108H252Si16Sn2. The fourth-order valence-corrected chi connectivity index (χ4v) is 446. The summed E-state index contributed by atoms with van der Waals surface area (Å²) in [4.78, 5) is 0. The van der Waals surface area contributed by atoms with Crippen molar-refractivity contribution in [3.05, 3.63) is 0 Å². The average molecular weight is 2240 g/mol. The van der Waals surface area contributed by atoms with E-state index in [1.807, 2.05) is 0 Å². The summed E-state index contributed by atoms with van der Waals surface area (Å²) in [5, 5.41) is 9.55. The first-order valence-corrected chi connectivity index (χ1v) is 110. The molecule has 0 saturated heterocycles. The van der Waals surface area contributed by atoms with Gasteiger partial charge in [-0.3, -0.25) is 0 Å². The van der Waals surface area contributed by atoms with Crippen LogP contribution in [0.2, 0.25) is 199 Å². The normalized spacial score (nSPS) is 16.6. The summed E-state index contributed by atoms with van der Waals surface area (Å²) in [7, 11) is -23.9. The SMILES string of the molecule is CC(C)(C)[Si](C)([Si]([Si](C)(C(C)(C)C)C(C)(C)C)[Si](C)(C(C)(C)C)C(C)(C)C)C(C)(C)C.CC(C)(C)[Si](C)([Si]([Si](C)(C(C)(C)C)C(C)(C)C)[Si](C)(C(C)(C)C)C(C)(C)C)C(C)(C)C.CC(C)(C)[Si](C)([Si]([Si](C)(C(C)(C)C)C(C)(C)C)[Si](C)(C(C)(C)C)C(C)(C)C)C(C)(C)C.CC(C)(C)[Si](C)([Si]([Si](C)(C(C)(C)C)C(C)(C)C)[Si](C)(C(C)(C)C)C(C)(C)C)C(C)(C)C.[Sn]=[Sn]. The Labute approximate surface area is 845 Å². The maximum atomic E-state index is 2.90. The van der Waals surface area contributed by atoms with Crippen LogP contribution >= 0.6 is 0 Å². The maximum absolute atomic E-state index is 2.90. The van der Waals surface area contributed by atoms with Crippen molar-refractivity contribution in [2.45, 2.75) is 698 Å². The van der Waals surface area contributed by atoms with Crippen LogP contribution < -0.4 is 0 Å². The van der Waals surface area contributed by atoms with Crippen molar-refractivity contribution in [3.63, 3.8) is 0 Å². The second-order valence-electron chi connectivity index (χ2n) is 69.0. The minimum atomic E-state index is -1.77. The molecule has 126 heavy (non-hydrogen) atoms. The number of rotatable bonds is 12. The van der Waals surface area contributed by atoms with Crippen molar-refractivity contribution in [1.29, 1.82) is 0 Å². The van der Waals surface area contributed by atoms with E-state index in [0.717, 1.165) is 0 Å². The minimum absolute atomic E-state index is 0.398. The molecule has 0 unspecified atom stereocenters. The molecule has 0 aromatic heterocycles. The monoisotopic (exact) mass is 2240 g/mol. The van der Waals surface area contributed by atoms with E-state index < -0.39 is 120 Å². The van der Waals surface area contributed by atoms with Crippen LogP contribution in [0.15, 0.2) is 0 Å². The van der Waals surface area contributed by atoms with E-state index in [9.17, 15) is 0 Å². The summed E-state index contributed by atoms with van der Waals surface area (Å²) in [6.45, 7) is 224. The van der Waals surface area contributed by atoms with Crippen molar-refractivity contribution in [3.8, 4) is 0 Å². The quantitative estimate of drug-likeness (QED) is 0.171. The Morgan fingerprint density at radius 3 is 0.127 bits per heavy atom. The molecule has 0 aliphatic carbocycles. The van der Waals surface area contributed by atoms with E-state index in [4.69, 9.17) is 0 Å². The first-order valence-electron chi connectivity index (χ1n) is 51.2. The molecule has 756 valence electrons. The Balaban J connectivity index is -0.000000513. The van der Waals surface area contributed by atoms with Gasteiger partial charge in [-0.15, -0.1) is 0 Å². The Bertz CT molecular complexity index is 2440. The predicted molar refractivity (Wildman–Crippen MR) is 647 cm³/mol. The van der Waals surface area contributed by atoms with Gasteiger partial charge in [0.1, 0.15) is 0 Å². The van der Waals surface area contributed by atoms with Gasteiger partial charge in [-0.25, -0.2) is 0 Å². The van der Waals surface area contributed by atoms with Crippen molar-refractivity contribution >= 4 is 156 Å². The fourth-order valence-electron chi connectivity index (χ4n) is 28.5. The van der Waals surface area contributed by atoms with Gasteiger partial charge in [-0.1, -0.05) is 577 Å². The van der Waals surface area contributed by atoms with E-state index in [-0.39, 0.29) is 0 Å². The van der Waals surface area contributed by atoms with Gasteiger partial charge in [0.15, 0.2) is 0 Å². The Morgan fingerprint density at radius 2 is 0.111 bits per heavy atom. The van der Waals surface area contributed by atoms with Gasteiger partial charge in [0, 0.05) is 120 Å². The Morgan fingerprint density at radius 1 is 0.0873 bits per heavy atom. The summed E-state index contributed by atoms with van der Waals surface area (Å²) >= 11 is 3.28. The molecule has 0 rings (SSSR count). The zero-order valence-electron chi connectivity index (χ0n) is 105. The van der Waals surface area contributed by atoms with E-state index >= 15 is 0 Å². The molecule has 0 aromatic rings. The molecule has 0 aliphatic heterocycles. The van der Waals surface area contributed by atoms with Gasteiger partial charge in [0.2, 0.25) is 0 Å². The molecule has 0 nitrogen and oxygen atoms in total. The van der Waals surface area contributed by atoms with E-state index in [1.54, 1.807) is 35.9 Å². The Kier molecular flexibility index (Phi) is 44.2. The summed E-state index contributed by atoms with van der Waals surface area (Å²) in [6.07, 6.45) is 0. The molecule has 0 aromatic carbocycles. The summed E-state index contributed by atoms with van der Waals surface area (Å²) in [6, 6.07) is 0. The third-order valence-corrected chi connectivity index (χ3v) is 324. The van der Waals surface area contributed by atoms with Gasteiger partial charge in [-0.2, -0.15) is 0 Å². The van der Waals surface area contributed by atoms with Crippen LogP contribution in [0.25, 0.3) is 0 Å². The first kappa shape index (κ1) is 140. The van der Waals surface area contributed by atoms with Gasteiger partial charge in [0.25, 0.3) is 0 Å². The predicted octanol–water partition coefficient (Wildman–Crippen LogP) is 42.2. The van der Waals surface area contributed by atoms with Crippen LogP contribution in [0.5, 0.6) is 0 Å². The van der Waals surface area contributed by atoms with Crippen molar-refractivity contribution in [2.24, 2.45) is 0 Å². The Hall–Kier alpha value is 5.07. The summed E-state index contributed by atoms with van der Waals surface area (Å²) in [5.74, 6) is 0. The molecule has 0 N–H and O–H groups in total. The molecule has 0 heterocycles. The van der Waals surface area contributed by atoms with Crippen molar-refractivity contribution < 1.29 is 0 Å². The van der Waals surface area contributed by atoms with Crippen LogP contribution in [-0.2, 0) is 0 Å². The summed E-state index contributed by atoms with van der Waals surface area (Å²) < 4.78 is 0. The molecule has 0 fully saturated rings. The molecule has 0 bridgehead atoms. The first-order chi connectivity index (χ1) is 52.5. The molecule has 0 amide bonds. The van der Waals surface area contributed by atoms with E-state index in [2.05, 4.69) is 577 Å². The zero-order chi connectivity index (χ0) is 106. The second-order valence-corrected chi connectivity index (χ2v) is 207. The van der Waals surface area contributed by atoms with Gasteiger partial charge in [0.05, 0.1) is 0 Å². The number of hydrogen-bond donors (Lipinski definition) is 0. The second kappa shape index (κ2) is 39.9. The number of hydrogen-bond acceptors (Lipinski definition) is 0. The molecule has 0 aliphatic rings. The summed E-state index contributed by atoms with van der Waals surface area (Å²) in [5.41, 5.74) is 0. The molecule has 18 heteroatoms. The van der Waals surface area contributed by atoms with Crippen molar-refractivity contribution in [2.75, 3.05) is 0 Å². The van der Waals surface area contributed by atoms with Gasteiger partial charge in [-0.05, 0) is 121 Å². The molecule has 8 radical (unpaired) electrons. The van der Waals surface area contributed by atoms with Crippen LogP contribution in [0.1, 0.15) is 499 Å². The zero-order valence-corrected chi connectivity index (χ0v) is 127. The van der Waals surface area contributed by atoms with Crippen molar-refractivity contribution in [1.82, 2.24) is 0 Å². The average Bonchev–Trinajstić information content (AvgIpc) is 0.689.